The second-order valence-corrected chi connectivity index (χ2v) is 8.76. The van der Waals surface area contributed by atoms with Gasteiger partial charge >= 0.3 is 0 Å². The Bertz CT molecular complexity index is 1240. The van der Waals surface area contributed by atoms with E-state index in [9.17, 15) is 14.7 Å². The number of carbonyl (C=O) groups is 2. The van der Waals surface area contributed by atoms with Crippen LogP contribution >= 0.6 is 34.8 Å². The Morgan fingerprint density at radius 3 is 2.25 bits per heavy atom. The summed E-state index contributed by atoms with van der Waals surface area (Å²) in [5.74, 6) is -2.16. The van der Waals surface area contributed by atoms with Gasteiger partial charge in [-0.05, 0) is 42.5 Å². The molecule has 0 unspecified atom stereocenters. The number of anilines is 2. The Kier molecular flexibility index (Phi) is 5.26. The zero-order valence-corrected chi connectivity index (χ0v) is 18.6. The number of amides is 2. The van der Waals surface area contributed by atoms with E-state index in [4.69, 9.17) is 39.6 Å². The molecule has 2 amide bonds. The molecule has 9 heteroatoms. The van der Waals surface area contributed by atoms with Gasteiger partial charge in [0.2, 0.25) is 5.91 Å². The van der Waals surface area contributed by atoms with Crippen LogP contribution in [-0.4, -0.2) is 23.0 Å². The maximum Gasteiger partial charge on any atom is 0.266 e. The lowest BCUT2D eigenvalue weighted by Crippen LogP contribution is -2.37. The average Bonchev–Trinajstić information content (AvgIpc) is 3.27. The molecule has 0 saturated carbocycles. The van der Waals surface area contributed by atoms with Gasteiger partial charge in [-0.1, -0.05) is 59.1 Å². The Morgan fingerprint density at radius 2 is 1.53 bits per heavy atom. The van der Waals surface area contributed by atoms with E-state index in [0.717, 1.165) is 4.90 Å². The van der Waals surface area contributed by atoms with E-state index in [1.807, 2.05) is 6.07 Å². The fraction of sp³-hybridized carbons (Fsp3) is 0.130. The lowest BCUT2D eigenvalue weighted by molar-refractivity contribution is -0.126. The number of phenolic OH excluding ortho intramolecular Hbond substituents is 1. The molecule has 0 spiro atoms. The summed E-state index contributed by atoms with van der Waals surface area (Å²) in [6, 6.07) is 17.5. The van der Waals surface area contributed by atoms with E-state index in [-0.39, 0.29) is 21.4 Å². The number of para-hydroxylation sites is 1. The number of halogens is 3. The molecular formula is C23H15Cl3N2O4. The normalized spacial score (nSPS) is 22.5. The van der Waals surface area contributed by atoms with Gasteiger partial charge in [-0.2, -0.15) is 0 Å². The van der Waals surface area contributed by atoms with Crippen LogP contribution < -0.4 is 9.96 Å². The first-order valence-corrected chi connectivity index (χ1v) is 10.8. The number of rotatable bonds is 3. The van der Waals surface area contributed by atoms with Crippen LogP contribution in [0, 0.1) is 5.92 Å². The first-order valence-electron chi connectivity index (χ1n) is 9.69. The molecule has 1 N–H and O–H groups in total. The van der Waals surface area contributed by atoms with Crippen molar-refractivity contribution >= 4 is 58.0 Å². The summed E-state index contributed by atoms with van der Waals surface area (Å²) in [7, 11) is 0. The molecule has 32 heavy (non-hydrogen) atoms. The van der Waals surface area contributed by atoms with Gasteiger partial charge in [-0.15, -0.1) is 0 Å². The molecule has 2 fully saturated rings. The van der Waals surface area contributed by atoms with Gasteiger partial charge in [0.25, 0.3) is 5.91 Å². The van der Waals surface area contributed by atoms with Crippen LogP contribution in [0.3, 0.4) is 0 Å². The van der Waals surface area contributed by atoms with Gasteiger partial charge in [0.05, 0.1) is 22.4 Å². The first-order chi connectivity index (χ1) is 15.4. The van der Waals surface area contributed by atoms with Crippen LogP contribution in [0.1, 0.15) is 11.6 Å². The van der Waals surface area contributed by atoms with Crippen LogP contribution in [0.5, 0.6) is 5.75 Å². The summed E-state index contributed by atoms with van der Waals surface area (Å²) in [5, 5.41) is 12.9. The molecule has 0 bridgehead atoms. The van der Waals surface area contributed by atoms with Crippen LogP contribution in [0.15, 0.2) is 66.7 Å². The number of imide groups is 1. The summed E-state index contributed by atoms with van der Waals surface area (Å²) < 4.78 is 0. The van der Waals surface area contributed by atoms with Crippen molar-refractivity contribution in [1.82, 2.24) is 0 Å². The molecule has 3 aromatic rings. The number of phenols is 1. The van der Waals surface area contributed by atoms with E-state index in [1.54, 1.807) is 42.5 Å². The van der Waals surface area contributed by atoms with Crippen molar-refractivity contribution < 1.29 is 19.5 Å². The van der Waals surface area contributed by atoms with Crippen molar-refractivity contribution in [2.75, 3.05) is 9.96 Å². The number of nitrogens with zero attached hydrogens (tertiary/aromatic N) is 2. The van der Waals surface area contributed by atoms with Crippen LogP contribution in [0.2, 0.25) is 15.1 Å². The van der Waals surface area contributed by atoms with E-state index in [0.29, 0.717) is 16.4 Å². The van der Waals surface area contributed by atoms with Crippen molar-refractivity contribution in [1.29, 1.82) is 0 Å². The highest BCUT2D eigenvalue weighted by atomic mass is 35.5. The number of benzene rings is 3. The molecule has 2 saturated heterocycles. The maximum absolute atomic E-state index is 13.6. The minimum Gasteiger partial charge on any atom is -0.506 e. The highest BCUT2D eigenvalue weighted by molar-refractivity contribution is 6.35. The summed E-state index contributed by atoms with van der Waals surface area (Å²) >= 11 is 18.5. The monoisotopic (exact) mass is 488 g/mol. The minimum atomic E-state index is -1.09. The fourth-order valence-corrected chi connectivity index (χ4v) is 4.90. The van der Waals surface area contributed by atoms with E-state index in [1.165, 1.54) is 23.3 Å². The molecule has 3 aromatic carbocycles. The largest absolute Gasteiger partial charge is 0.506 e. The number of hydroxylamine groups is 1. The predicted octanol–water partition coefficient (Wildman–Crippen LogP) is 5.40. The predicted molar refractivity (Wildman–Crippen MR) is 122 cm³/mol. The highest BCUT2D eigenvalue weighted by Gasteiger charge is 2.60. The number of carbonyl (C=O) groups excluding carboxylic acids is 2. The van der Waals surface area contributed by atoms with Crippen molar-refractivity contribution in [3.63, 3.8) is 0 Å². The molecule has 2 aliphatic heterocycles. The van der Waals surface area contributed by atoms with Crippen molar-refractivity contribution in [3.8, 4) is 5.75 Å². The van der Waals surface area contributed by atoms with Crippen molar-refractivity contribution in [2.24, 2.45) is 5.92 Å². The van der Waals surface area contributed by atoms with Gasteiger partial charge < -0.3 is 5.11 Å². The number of aromatic hydroxyl groups is 1. The number of hydrogen-bond acceptors (Lipinski definition) is 5. The van der Waals surface area contributed by atoms with Crippen LogP contribution in [0.25, 0.3) is 0 Å². The standard InChI is InChI=1S/C23H15Cl3N2O4/c24-12-5-4-8-15(9-12)27-22(30)18-19(16-10-13(25)11-17(26)20(16)29)28(32-21(18)23(27)31)14-6-2-1-3-7-14/h1-11,18-19,21,29H/t18-,19+,21+/m1/s1. The third-order valence-electron chi connectivity index (χ3n) is 5.57. The van der Waals surface area contributed by atoms with Gasteiger partial charge in [-0.25, -0.2) is 9.96 Å². The Balaban J connectivity index is 1.65. The summed E-state index contributed by atoms with van der Waals surface area (Å²) in [4.78, 5) is 33.9. The van der Waals surface area contributed by atoms with E-state index < -0.39 is 29.9 Å². The lowest BCUT2D eigenvalue weighted by atomic mass is 9.90. The van der Waals surface area contributed by atoms with Gasteiger partial charge in [0.15, 0.2) is 6.10 Å². The molecule has 6 nitrogen and oxygen atoms in total. The van der Waals surface area contributed by atoms with E-state index in [2.05, 4.69) is 0 Å². The average molecular weight is 490 g/mol. The van der Waals surface area contributed by atoms with Crippen molar-refractivity contribution in [2.45, 2.75) is 12.1 Å². The molecule has 2 aliphatic rings. The number of fused-ring (bicyclic) bond motifs is 1. The molecule has 2 heterocycles. The summed E-state index contributed by atoms with van der Waals surface area (Å²) in [6.07, 6.45) is -1.09. The molecule has 0 radical (unpaired) electrons. The highest BCUT2D eigenvalue weighted by Crippen LogP contribution is 2.51. The van der Waals surface area contributed by atoms with Crippen LogP contribution in [0.4, 0.5) is 11.4 Å². The quantitative estimate of drug-likeness (QED) is 0.499. The van der Waals surface area contributed by atoms with Crippen molar-refractivity contribution in [3.05, 3.63) is 87.4 Å². The Hall–Kier alpha value is -2.77. The Morgan fingerprint density at radius 1 is 0.812 bits per heavy atom. The molecule has 5 rings (SSSR count). The molecule has 162 valence electrons. The molecule has 0 aliphatic carbocycles. The van der Waals surface area contributed by atoms with Gasteiger partial charge in [0.1, 0.15) is 11.7 Å². The van der Waals surface area contributed by atoms with E-state index >= 15 is 0 Å². The minimum absolute atomic E-state index is 0.0347. The van der Waals surface area contributed by atoms with Gasteiger partial charge in [-0.3, -0.25) is 14.4 Å². The zero-order chi connectivity index (χ0) is 22.6. The topological polar surface area (TPSA) is 70.1 Å². The maximum atomic E-state index is 13.6. The third kappa shape index (κ3) is 3.31. The zero-order valence-electron chi connectivity index (χ0n) is 16.3. The smallest absolute Gasteiger partial charge is 0.266 e. The second-order valence-electron chi connectivity index (χ2n) is 7.48. The molecule has 3 atom stereocenters. The SMILES string of the molecule is O=C1[C@H]2[C@H](ON(c3ccccc3)[C@H]2c2cc(Cl)cc(Cl)c2O)C(=O)N1c1cccc(Cl)c1. The van der Waals surface area contributed by atoms with Crippen LogP contribution in [-0.2, 0) is 14.4 Å². The Labute approximate surface area is 198 Å². The summed E-state index contributed by atoms with van der Waals surface area (Å²) in [6.45, 7) is 0. The number of hydrogen-bond donors (Lipinski definition) is 1. The fourth-order valence-electron chi connectivity index (χ4n) is 4.21. The van der Waals surface area contributed by atoms with Gasteiger partial charge in [0, 0.05) is 15.6 Å². The third-order valence-corrected chi connectivity index (χ3v) is 6.31. The molecule has 0 aromatic heterocycles. The molecular weight excluding hydrogens is 475 g/mol. The summed E-state index contributed by atoms with van der Waals surface area (Å²) in [5.41, 5.74) is 1.24. The first kappa shape index (κ1) is 21.1. The second kappa shape index (κ2) is 7.98. The lowest BCUT2D eigenvalue weighted by Gasteiger charge is -2.29.